The standard InChI is InChI=1S/C25H36N2O4/c1-18(2)17-26-23(28)15-20-16-25(31-22-6-4-3-5-21(20)22)9-11-27(12-10-25)24(29)19-7-13-30-14-8-19/h3-6,18-20H,7-17H2,1-2H3,(H,26,28)/t20-/m1/s1. The molecule has 3 aliphatic rings. The molecule has 31 heavy (non-hydrogen) atoms. The monoisotopic (exact) mass is 428 g/mol. The van der Waals surface area contributed by atoms with Crippen molar-refractivity contribution in [1.82, 2.24) is 10.2 Å². The first-order chi connectivity index (χ1) is 15.0. The molecule has 6 nitrogen and oxygen atoms in total. The van der Waals surface area contributed by atoms with E-state index in [1.807, 2.05) is 23.1 Å². The average molecular weight is 429 g/mol. The fraction of sp³-hybridized carbons (Fsp3) is 0.680. The molecule has 0 aliphatic carbocycles. The number of piperidine rings is 1. The lowest BCUT2D eigenvalue weighted by Gasteiger charge is -2.47. The number of benzene rings is 1. The topological polar surface area (TPSA) is 67.9 Å². The summed E-state index contributed by atoms with van der Waals surface area (Å²) < 4.78 is 12.0. The number of hydrogen-bond acceptors (Lipinski definition) is 4. The minimum atomic E-state index is -0.288. The van der Waals surface area contributed by atoms with Gasteiger partial charge in [-0.15, -0.1) is 0 Å². The quantitative estimate of drug-likeness (QED) is 0.779. The van der Waals surface area contributed by atoms with Crippen LogP contribution in [0.1, 0.15) is 63.9 Å². The number of carbonyl (C=O) groups excluding carboxylic acids is 2. The SMILES string of the molecule is CC(C)CNC(=O)C[C@@H]1CC2(CCN(C(=O)C3CCOCC3)CC2)Oc2ccccc21. The molecular formula is C25H36N2O4. The van der Waals surface area contributed by atoms with Crippen LogP contribution in [-0.2, 0) is 14.3 Å². The van der Waals surface area contributed by atoms with Gasteiger partial charge in [0.05, 0.1) is 0 Å². The van der Waals surface area contributed by atoms with E-state index in [1.165, 1.54) is 0 Å². The fourth-order valence-electron chi connectivity index (χ4n) is 5.18. The van der Waals surface area contributed by atoms with Gasteiger partial charge in [0.25, 0.3) is 0 Å². The van der Waals surface area contributed by atoms with Crippen LogP contribution in [0.25, 0.3) is 0 Å². The van der Waals surface area contributed by atoms with Crippen molar-refractivity contribution in [3.63, 3.8) is 0 Å². The van der Waals surface area contributed by atoms with Crippen molar-refractivity contribution in [2.75, 3.05) is 32.8 Å². The molecule has 2 fully saturated rings. The maximum Gasteiger partial charge on any atom is 0.225 e. The van der Waals surface area contributed by atoms with Crippen molar-refractivity contribution in [3.05, 3.63) is 29.8 Å². The van der Waals surface area contributed by atoms with Crippen LogP contribution in [0.15, 0.2) is 24.3 Å². The van der Waals surface area contributed by atoms with E-state index < -0.39 is 0 Å². The van der Waals surface area contributed by atoms with Crippen LogP contribution in [0, 0.1) is 11.8 Å². The van der Waals surface area contributed by atoms with E-state index in [2.05, 4.69) is 25.2 Å². The fourth-order valence-corrected chi connectivity index (χ4v) is 5.18. The Labute approximate surface area is 185 Å². The van der Waals surface area contributed by atoms with Crippen LogP contribution in [-0.4, -0.2) is 55.2 Å². The van der Waals surface area contributed by atoms with Gasteiger partial charge in [0.15, 0.2) is 0 Å². The van der Waals surface area contributed by atoms with Gasteiger partial charge in [0.2, 0.25) is 11.8 Å². The molecule has 1 N–H and O–H groups in total. The lowest BCUT2D eigenvalue weighted by Crippen LogP contribution is -2.53. The van der Waals surface area contributed by atoms with Gasteiger partial charge in [0.1, 0.15) is 11.4 Å². The molecule has 3 heterocycles. The first-order valence-electron chi connectivity index (χ1n) is 11.9. The maximum atomic E-state index is 12.9. The normalized spacial score (nSPS) is 23.3. The number of carbonyl (C=O) groups is 2. The molecule has 4 rings (SSSR count). The number of likely N-dealkylation sites (tertiary alicyclic amines) is 1. The van der Waals surface area contributed by atoms with E-state index in [9.17, 15) is 9.59 Å². The minimum Gasteiger partial charge on any atom is -0.487 e. The van der Waals surface area contributed by atoms with Gasteiger partial charge in [-0.25, -0.2) is 0 Å². The van der Waals surface area contributed by atoms with Crippen molar-refractivity contribution in [2.45, 2.75) is 63.9 Å². The van der Waals surface area contributed by atoms with E-state index in [-0.39, 0.29) is 29.3 Å². The number of rotatable bonds is 5. The number of nitrogens with one attached hydrogen (secondary N) is 1. The van der Waals surface area contributed by atoms with E-state index in [0.717, 1.165) is 56.5 Å². The van der Waals surface area contributed by atoms with E-state index in [1.54, 1.807) is 0 Å². The Hall–Kier alpha value is -2.08. The molecule has 2 amide bonds. The van der Waals surface area contributed by atoms with E-state index in [4.69, 9.17) is 9.47 Å². The van der Waals surface area contributed by atoms with Gasteiger partial charge < -0.3 is 19.7 Å². The zero-order chi connectivity index (χ0) is 21.8. The van der Waals surface area contributed by atoms with Crippen molar-refractivity contribution >= 4 is 11.8 Å². The summed E-state index contributed by atoms with van der Waals surface area (Å²) in [5.74, 6) is 1.98. The number of ether oxygens (including phenoxy) is 2. The highest BCUT2D eigenvalue weighted by molar-refractivity contribution is 5.79. The van der Waals surface area contributed by atoms with Gasteiger partial charge in [-0.2, -0.15) is 0 Å². The second-order valence-electron chi connectivity index (χ2n) is 9.84. The molecule has 170 valence electrons. The summed E-state index contributed by atoms with van der Waals surface area (Å²) in [5, 5.41) is 3.07. The molecule has 0 bridgehead atoms. The van der Waals surface area contributed by atoms with Gasteiger partial charge >= 0.3 is 0 Å². The minimum absolute atomic E-state index is 0.105. The molecule has 0 unspecified atom stereocenters. The maximum absolute atomic E-state index is 12.9. The van der Waals surface area contributed by atoms with Crippen LogP contribution in [0.4, 0.5) is 0 Å². The summed E-state index contributed by atoms with van der Waals surface area (Å²) in [4.78, 5) is 27.6. The zero-order valence-corrected chi connectivity index (χ0v) is 18.9. The highest BCUT2D eigenvalue weighted by Gasteiger charge is 2.44. The van der Waals surface area contributed by atoms with Crippen LogP contribution in [0.2, 0.25) is 0 Å². The predicted molar refractivity (Wildman–Crippen MR) is 119 cm³/mol. The molecule has 0 saturated carbocycles. The number of hydrogen-bond donors (Lipinski definition) is 1. The zero-order valence-electron chi connectivity index (χ0n) is 18.9. The summed E-state index contributed by atoms with van der Waals surface area (Å²) >= 11 is 0. The Morgan fingerprint density at radius 1 is 1.16 bits per heavy atom. The van der Waals surface area contributed by atoms with Crippen molar-refractivity contribution in [3.8, 4) is 5.75 Å². The third-order valence-electron chi connectivity index (χ3n) is 7.00. The third-order valence-corrected chi connectivity index (χ3v) is 7.00. The Morgan fingerprint density at radius 3 is 2.58 bits per heavy atom. The molecular weight excluding hydrogens is 392 g/mol. The van der Waals surface area contributed by atoms with E-state index >= 15 is 0 Å². The molecule has 1 spiro atoms. The lowest BCUT2D eigenvalue weighted by atomic mass is 9.76. The molecule has 0 aromatic heterocycles. The number of nitrogens with zero attached hydrogens (tertiary/aromatic N) is 1. The van der Waals surface area contributed by atoms with Crippen molar-refractivity contribution < 1.29 is 19.1 Å². The van der Waals surface area contributed by atoms with Crippen LogP contribution in [0.3, 0.4) is 0 Å². The molecule has 0 radical (unpaired) electrons. The van der Waals surface area contributed by atoms with Crippen LogP contribution >= 0.6 is 0 Å². The van der Waals surface area contributed by atoms with Crippen LogP contribution < -0.4 is 10.1 Å². The predicted octanol–water partition coefficient (Wildman–Crippen LogP) is 3.50. The lowest BCUT2D eigenvalue weighted by molar-refractivity contribution is -0.142. The molecule has 6 heteroatoms. The van der Waals surface area contributed by atoms with Gasteiger partial charge in [-0.3, -0.25) is 9.59 Å². The molecule has 3 aliphatic heterocycles. The second-order valence-corrected chi connectivity index (χ2v) is 9.84. The Morgan fingerprint density at radius 2 is 1.87 bits per heavy atom. The number of amides is 2. The average Bonchev–Trinajstić information content (AvgIpc) is 2.78. The van der Waals surface area contributed by atoms with E-state index in [0.29, 0.717) is 32.1 Å². The van der Waals surface area contributed by atoms with Crippen molar-refractivity contribution in [2.24, 2.45) is 11.8 Å². The Balaban J connectivity index is 1.42. The van der Waals surface area contributed by atoms with Crippen molar-refractivity contribution in [1.29, 1.82) is 0 Å². The van der Waals surface area contributed by atoms with Gasteiger partial charge in [-0.05, 0) is 36.8 Å². The molecule has 2 saturated heterocycles. The Kier molecular flexibility index (Phi) is 6.85. The second kappa shape index (κ2) is 9.60. The summed E-state index contributed by atoms with van der Waals surface area (Å²) in [5.41, 5.74) is 0.845. The first kappa shape index (κ1) is 22.1. The summed E-state index contributed by atoms with van der Waals surface area (Å²) in [6.45, 7) is 7.75. The highest BCUT2D eigenvalue weighted by Crippen LogP contribution is 2.46. The first-order valence-corrected chi connectivity index (χ1v) is 11.9. The smallest absolute Gasteiger partial charge is 0.225 e. The third kappa shape index (κ3) is 5.22. The van der Waals surface area contributed by atoms with Crippen LogP contribution in [0.5, 0.6) is 5.75 Å². The number of para-hydroxylation sites is 1. The molecule has 1 aromatic rings. The Bertz CT molecular complexity index is 779. The van der Waals surface area contributed by atoms with Gasteiger partial charge in [0, 0.05) is 63.9 Å². The molecule has 1 atom stereocenters. The van der Waals surface area contributed by atoms with Gasteiger partial charge in [-0.1, -0.05) is 32.0 Å². The summed E-state index contributed by atoms with van der Waals surface area (Å²) in [7, 11) is 0. The largest absolute Gasteiger partial charge is 0.487 e. The summed E-state index contributed by atoms with van der Waals surface area (Å²) in [6, 6.07) is 8.13. The number of fused-ring (bicyclic) bond motifs is 1. The highest BCUT2D eigenvalue weighted by atomic mass is 16.5. The summed E-state index contributed by atoms with van der Waals surface area (Å²) in [6.07, 6.45) is 4.62. The molecule has 1 aromatic carbocycles.